The van der Waals surface area contributed by atoms with Crippen LogP contribution in [0.2, 0.25) is 6.04 Å². The van der Waals surface area contributed by atoms with Crippen LogP contribution in [0.3, 0.4) is 0 Å². The molecule has 0 bridgehead atoms. The summed E-state index contributed by atoms with van der Waals surface area (Å²) in [4.78, 5) is 0. The van der Waals surface area contributed by atoms with Crippen LogP contribution in [0.5, 0.6) is 0 Å². The quantitative estimate of drug-likeness (QED) is 0.491. The summed E-state index contributed by atoms with van der Waals surface area (Å²) in [6, 6.07) is 0.853. The predicted molar refractivity (Wildman–Crippen MR) is 59.0 cm³/mol. The first-order valence-corrected chi connectivity index (χ1v) is 6.59. The smallest absolute Gasteiger partial charge is 0.377 e. The number of nitrogens with two attached hydrogens (primary N) is 1. The molecule has 0 rings (SSSR count). The average Bonchev–Trinajstić information content (AvgIpc) is 2.21. The third-order valence-electron chi connectivity index (χ3n) is 2.22. The standard InChI is InChI=1S/C9H21NO3Si/c1-5-6-9(10)7-8-14(11-2,12-3)13-4/h5,9H,1,6-8,10H2,2-4H3. The molecule has 0 aliphatic carbocycles. The summed E-state index contributed by atoms with van der Waals surface area (Å²) in [5.74, 6) is 0. The Kier molecular flexibility index (Phi) is 7.03. The Labute approximate surface area is 87.4 Å². The van der Waals surface area contributed by atoms with E-state index in [9.17, 15) is 0 Å². The van der Waals surface area contributed by atoms with Crippen molar-refractivity contribution >= 4 is 8.80 Å². The van der Waals surface area contributed by atoms with Gasteiger partial charge in [-0.1, -0.05) is 6.08 Å². The lowest BCUT2D eigenvalue weighted by molar-refractivity contribution is 0.122. The van der Waals surface area contributed by atoms with E-state index in [0.29, 0.717) is 0 Å². The second-order valence-electron chi connectivity index (χ2n) is 3.12. The molecule has 0 spiro atoms. The Hall–Kier alpha value is -0.203. The largest absolute Gasteiger partial charge is 0.500 e. The minimum atomic E-state index is -2.42. The van der Waals surface area contributed by atoms with Crippen LogP contribution in [-0.4, -0.2) is 36.2 Å². The molecule has 0 amide bonds. The molecule has 0 aliphatic rings. The van der Waals surface area contributed by atoms with Crippen LogP contribution >= 0.6 is 0 Å². The van der Waals surface area contributed by atoms with E-state index in [1.54, 1.807) is 21.3 Å². The van der Waals surface area contributed by atoms with Gasteiger partial charge in [-0.25, -0.2) is 0 Å². The maximum atomic E-state index is 5.84. The van der Waals surface area contributed by atoms with Crippen molar-refractivity contribution in [2.75, 3.05) is 21.3 Å². The van der Waals surface area contributed by atoms with Gasteiger partial charge in [-0.15, -0.1) is 6.58 Å². The highest BCUT2D eigenvalue weighted by Crippen LogP contribution is 2.16. The Morgan fingerprint density at radius 2 is 1.79 bits per heavy atom. The Morgan fingerprint density at radius 3 is 2.14 bits per heavy atom. The zero-order chi connectivity index (χ0) is 11.0. The monoisotopic (exact) mass is 219 g/mol. The first kappa shape index (κ1) is 13.8. The van der Waals surface area contributed by atoms with Gasteiger partial charge in [0.15, 0.2) is 0 Å². The highest BCUT2D eigenvalue weighted by atomic mass is 28.4. The van der Waals surface area contributed by atoms with Crippen molar-refractivity contribution in [1.82, 2.24) is 0 Å². The van der Waals surface area contributed by atoms with Gasteiger partial charge in [0.1, 0.15) is 0 Å². The van der Waals surface area contributed by atoms with Crippen LogP contribution in [0.25, 0.3) is 0 Å². The lowest BCUT2D eigenvalue weighted by Gasteiger charge is -2.25. The summed E-state index contributed by atoms with van der Waals surface area (Å²) in [5.41, 5.74) is 5.84. The van der Waals surface area contributed by atoms with Gasteiger partial charge in [-0.3, -0.25) is 0 Å². The fraction of sp³-hybridized carbons (Fsp3) is 0.778. The molecule has 1 atom stereocenters. The fourth-order valence-corrected chi connectivity index (χ4v) is 3.09. The van der Waals surface area contributed by atoms with Crippen LogP contribution in [0.4, 0.5) is 0 Å². The van der Waals surface area contributed by atoms with Crippen LogP contribution in [0, 0.1) is 0 Å². The van der Waals surface area contributed by atoms with E-state index in [2.05, 4.69) is 6.58 Å². The first-order chi connectivity index (χ1) is 6.64. The molecule has 1 unspecified atom stereocenters. The van der Waals surface area contributed by atoms with Crippen molar-refractivity contribution in [3.05, 3.63) is 12.7 Å². The molecule has 0 aromatic rings. The van der Waals surface area contributed by atoms with Crippen molar-refractivity contribution < 1.29 is 13.3 Å². The van der Waals surface area contributed by atoms with E-state index in [-0.39, 0.29) is 6.04 Å². The van der Waals surface area contributed by atoms with E-state index in [1.165, 1.54) is 0 Å². The highest BCUT2D eigenvalue weighted by molar-refractivity contribution is 6.60. The first-order valence-electron chi connectivity index (χ1n) is 4.66. The summed E-state index contributed by atoms with van der Waals surface area (Å²) >= 11 is 0. The molecule has 14 heavy (non-hydrogen) atoms. The van der Waals surface area contributed by atoms with E-state index in [1.807, 2.05) is 6.08 Å². The normalized spacial score (nSPS) is 14.0. The number of hydrogen-bond acceptors (Lipinski definition) is 4. The van der Waals surface area contributed by atoms with Gasteiger partial charge >= 0.3 is 8.80 Å². The van der Waals surface area contributed by atoms with Gasteiger partial charge in [-0.05, 0) is 12.8 Å². The Bertz CT molecular complexity index is 154. The molecule has 4 nitrogen and oxygen atoms in total. The molecule has 0 aliphatic heterocycles. The van der Waals surface area contributed by atoms with Crippen molar-refractivity contribution in [3.8, 4) is 0 Å². The molecule has 0 fully saturated rings. The van der Waals surface area contributed by atoms with E-state index >= 15 is 0 Å². The van der Waals surface area contributed by atoms with Gasteiger partial charge in [0, 0.05) is 33.4 Å². The van der Waals surface area contributed by atoms with Crippen LogP contribution in [0.1, 0.15) is 12.8 Å². The number of rotatable bonds is 8. The SMILES string of the molecule is C=CCC(N)CC[Si](OC)(OC)OC. The van der Waals surface area contributed by atoms with Crippen molar-refractivity contribution in [3.63, 3.8) is 0 Å². The zero-order valence-electron chi connectivity index (χ0n) is 9.29. The van der Waals surface area contributed by atoms with Gasteiger partial charge in [0.05, 0.1) is 0 Å². The third kappa shape index (κ3) is 4.34. The molecule has 84 valence electrons. The van der Waals surface area contributed by atoms with Crippen LogP contribution in [0.15, 0.2) is 12.7 Å². The lowest BCUT2D eigenvalue weighted by Crippen LogP contribution is -2.43. The van der Waals surface area contributed by atoms with Crippen molar-refractivity contribution in [2.24, 2.45) is 5.73 Å². The molecule has 5 heteroatoms. The molecule has 0 aromatic heterocycles. The Morgan fingerprint density at radius 1 is 1.29 bits per heavy atom. The van der Waals surface area contributed by atoms with E-state index in [4.69, 9.17) is 19.0 Å². The van der Waals surface area contributed by atoms with Crippen LogP contribution in [-0.2, 0) is 13.3 Å². The Balaban J connectivity index is 3.98. The van der Waals surface area contributed by atoms with Gasteiger partial charge in [0.2, 0.25) is 0 Å². The molecular formula is C9H21NO3Si. The zero-order valence-corrected chi connectivity index (χ0v) is 10.3. The van der Waals surface area contributed by atoms with Crippen LogP contribution < -0.4 is 5.73 Å². The summed E-state index contributed by atoms with van der Waals surface area (Å²) in [5, 5.41) is 0. The lowest BCUT2D eigenvalue weighted by atomic mass is 10.2. The minimum Gasteiger partial charge on any atom is -0.377 e. The van der Waals surface area contributed by atoms with Gasteiger partial charge < -0.3 is 19.0 Å². The second-order valence-corrected chi connectivity index (χ2v) is 6.21. The summed E-state index contributed by atoms with van der Waals surface area (Å²) in [7, 11) is 2.40. The van der Waals surface area contributed by atoms with Gasteiger partial charge in [0.25, 0.3) is 0 Å². The molecule has 0 heterocycles. The topological polar surface area (TPSA) is 53.7 Å². The molecule has 0 radical (unpaired) electrons. The third-order valence-corrected chi connectivity index (χ3v) is 4.99. The predicted octanol–water partition coefficient (Wildman–Crippen LogP) is 1.16. The average molecular weight is 219 g/mol. The van der Waals surface area contributed by atoms with Gasteiger partial charge in [-0.2, -0.15) is 0 Å². The van der Waals surface area contributed by atoms with Crippen molar-refractivity contribution in [2.45, 2.75) is 24.9 Å². The second kappa shape index (κ2) is 7.14. The fourth-order valence-electron chi connectivity index (χ4n) is 1.25. The van der Waals surface area contributed by atoms with Crippen molar-refractivity contribution in [1.29, 1.82) is 0 Å². The maximum Gasteiger partial charge on any atom is 0.500 e. The highest BCUT2D eigenvalue weighted by Gasteiger charge is 2.37. The summed E-state index contributed by atoms with van der Waals surface area (Å²) < 4.78 is 15.8. The maximum absolute atomic E-state index is 5.84. The molecule has 2 N–H and O–H groups in total. The molecule has 0 aromatic carbocycles. The number of hydrogen-bond donors (Lipinski definition) is 1. The molecule has 0 saturated carbocycles. The van der Waals surface area contributed by atoms with E-state index < -0.39 is 8.80 Å². The molecular weight excluding hydrogens is 198 g/mol. The summed E-state index contributed by atoms with van der Waals surface area (Å²) in [6.45, 7) is 3.64. The summed E-state index contributed by atoms with van der Waals surface area (Å²) in [6.07, 6.45) is 3.45. The molecule has 0 saturated heterocycles. The minimum absolute atomic E-state index is 0.111. The van der Waals surface area contributed by atoms with E-state index in [0.717, 1.165) is 18.9 Å².